The van der Waals surface area contributed by atoms with E-state index in [1.807, 2.05) is 27.7 Å². The quantitative estimate of drug-likeness (QED) is 0.584. The molecule has 0 saturated carbocycles. The fraction of sp³-hybridized carbons (Fsp3) is 0.500. The molecule has 0 amide bonds. The number of pyridine rings is 1. The molecule has 1 fully saturated rings. The fourth-order valence-electron chi connectivity index (χ4n) is 2.15. The van der Waals surface area contributed by atoms with Crippen LogP contribution in [0.3, 0.4) is 0 Å². The second-order valence-corrected chi connectivity index (χ2v) is 7.84. The molecule has 0 radical (unpaired) electrons. The van der Waals surface area contributed by atoms with Crippen LogP contribution in [0.4, 0.5) is 4.39 Å². The molecule has 0 aliphatic carbocycles. The Kier molecular flexibility index (Phi) is 3.22. The Labute approximate surface area is 133 Å². The molecule has 0 unspecified atom stereocenters. The van der Waals surface area contributed by atoms with E-state index < -0.39 is 18.3 Å². The van der Waals surface area contributed by atoms with Gasteiger partial charge in [-0.1, -0.05) is 0 Å². The van der Waals surface area contributed by atoms with Crippen molar-refractivity contribution < 1.29 is 13.7 Å². The van der Waals surface area contributed by atoms with Gasteiger partial charge in [-0.15, -0.1) is 0 Å². The summed E-state index contributed by atoms with van der Waals surface area (Å²) < 4.78 is 27.2. The fourth-order valence-corrected chi connectivity index (χ4v) is 3.43. The zero-order valence-corrected chi connectivity index (χ0v) is 16.3. The van der Waals surface area contributed by atoms with Gasteiger partial charge in [-0.3, -0.25) is 0 Å². The summed E-state index contributed by atoms with van der Waals surface area (Å²) in [7, 11) is -0.592. The third kappa shape index (κ3) is 2.10. The average Bonchev–Trinajstić information content (AvgIpc) is 2.74. The molecule has 2 aromatic rings. The van der Waals surface area contributed by atoms with Crippen molar-refractivity contribution in [2.75, 3.05) is 0 Å². The van der Waals surface area contributed by atoms with Crippen molar-refractivity contribution >= 4 is 49.8 Å². The van der Waals surface area contributed by atoms with E-state index >= 15 is 0 Å². The first-order valence-electron chi connectivity index (χ1n) is 6.36. The Balaban J connectivity index is 2.10. The number of rotatable bonds is 1. The molecule has 5 nitrogen and oxygen atoms in total. The third-order valence-electron chi connectivity index (χ3n) is 4.02. The van der Waals surface area contributed by atoms with E-state index in [9.17, 15) is 4.39 Å². The molecule has 3 rings (SSSR count). The summed E-state index contributed by atoms with van der Waals surface area (Å²) in [5.74, 6) is -0.381. The number of fused-ring (bicyclic) bond motifs is 1. The van der Waals surface area contributed by atoms with Crippen LogP contribution in [0.25, 0.3) is 11.0 Å². The number of aromatic nitrogens is 3. The molecule has 0 spiro atoms. The number of hydrogen-bond donors (Lipinski definition) is 0. The van der Waals surface area contributed by atoms with Gasteiger partial charge in [-0.2, -0.15) is 0 Å². The van der Waals surface area contributed by atoms with E-state index in [1.54, 1.807) is 2.49 Å². The van der Waals surface area contributed by atoms with E-state index in [2.05, 4.69) is 10.1 Å². The van der Waals surface area contributed by atoms with E-state index in [0.717, 1.165) is 0 Å². The molecule has 1 aliphatic rings. The van der Waals surface area contributed by atoms with Gasteiger partial charge in [0.05, 0.1) is 0 Å². The molecule has 0 atom stereocenters. The van der Waals surface area contributed by atoms with Gasteiger partial charge in [-0.05, 0) is 0 Å². The first-order valence-corrected chi connectivity index (χ1v) is 8.37. The van der Waals surface area contributed by atoms with Crippen molar-refractivity contribution in [1.82, 2.24) is 12.6 Å². The molecule has 0 aromatic carbocycles. The minimum absolute atomic E-state index is 0.381. The second-order valence-electron chi connectivity index (χ2n) is 5.94. The predicted octanol–water partition coefficient (Wildman–Crippen LogP) is 0.801. The topological polar surface area (TPSA) is 49.2 Å². The Morgan fingerprint density at radius 1 is 1.25 bits per heavy atom. The molecule has 0 bridgehead atoms. The summed E-state index contributed by atoms with van der Waals surface area (Å²) in [5, 5.41) is 5.11. The van der Waals surface area contributed by atoms with Crippen LogP contribution in [-0.2, 0) is 9.31 Å². The normalized spacial score (nSPS) is 20.7. The summed E-state index contributed by atoms with van der Waals surface area (Å²) in [6, 6.07) is 1.44. The van der Waals surface area contributed by atoms with Gasteiger partial charge in [0.15, 0.2) is 0 Å². The zero-order chi connectivity index (χ0) is 14.7. The Morgan fingerprint density at radius 3 is 2.45 bits per heavy atom. The number of halogens is 1. The summed E-state index contributed by atoms with van der Waals surface area (Å²) in [6.45, 7) is 7.92. The molecule has 8 heteroatoms. The zero-order valence-electron chi connectivity index (χ0n) is 11.8. The van der Waals surface area contributed by atoms with Crippen molar-refractivity contribution in [3.8, 4) is 0 Å². The van der Waals surface area contributed by atoms with Crippen LogP contribution < -0.4 is 5.59 Å². The van der Waals surface area contributed by atoms with Crippen LogP contribution in [0.1, 0.15) is 27.7 Å². The second kappa shape index (κ2) is 4.47. The van der Waals surface area contributed by atoms with Gasteiger partial charge in [0.1, 0.15) is 0 Å². The molecule has 0 N–H and O–H groups in total. The van der Waals surface area contributed by atoms with E-state index in [1.165, 1.54) is 12.3 Å². The Morgan fingerprint density at radius 2 is 1.85 bits per heavy atom. The Bertz CT molecular complexity index is 673. The standard InChI is InChI=1S/C12H14BFN3O2.Tl/c1-11(2)12(3,4)19-13(18-11)9-8-5-7(14)6-15-10(8)17-16-9;/h5-6H,1-4H3;/q-1;+1. The minimum atomic E-state index is -0.592. The van der Waals surface area contributed by atoms with Gasteiger partial charge in [0.25, 0.3) is 0 Å². The van der Waals surface area contributed by atoms with Gasteiger partial charge in [0.2, 0.25) is 0 Å². The monoisotopic (exact) mass is 467 g/mol. The van der Waals surface area contributed by atoms with Crippen molar-refractivity contribution in [2.45, 2.75) is 38.9 Å². The van der Waals surface area contributed by atoms with Crippen LogP contribution in [0.2, 0.25) is 0 Å². The number of hydrogen-bond acceptors (Lipinski definition) is 4. The van der Waals surface area contributed by atoms with E-state index in [-0.39, 0.29) is 5.82 Å². The van der Waals surface area contributed by atoms with Crippen LogP contribution in [0.15, 0.2) is 12.3 Å². The van der Waals surface area contributed by atoms with Gasteiger partial charge >= 0.3 is 133 Å². The molecule has 3 heterocycles. The van der Waals surface area contributed by atoms with Crippen LogP contribution >= 0.6 is 0 Å². The predicted molar refractivity (Wildman–Crippen MR) is 74.4 cm³/mol. The maximum atomic E-state index is 13.4. The molecule has 1 saturated heterocycles. The van der Waals surface area contributed by atoms with Crippen molar-refractivity contribution in [3.05, 3.63) is 18.1 Å². The summed E-state index contributed by atoms with van der Waals surface area (Å²) in [5.41, 5.74) is 0.401. The average molecular weight is 466 g/mol. The van der Waals surface area contributed by atoms with Crippen LogP contribution in [0.5, 0.6) is 0 Å². The van der Waals surface area contributed by atoms with Crippen LogP contribution in [-0.4, -0.2) is 57.0 Å². The van der Waals surface area contributed by atoms with Gasteiger partial charge < -0.3 is 0 Å². The number of nitrogens with zero attached hydrogens (tertiary/aromatic N) is 3. The molecule has 2 aromatic heterocycles. The van der Waals surface area contributed by atoms with Crippen molar-refractivity contribution in [3.63, 3.8) is 0 Å². The molecule has 1 aliphatic heterocycles. The summed E-state index contributed by atoms with van der Waals surface area (Å²) in [6.07, 6.45) is 1.21. The summed E-state index contributed by atoms with van der Waals surface area (Å²) >= 11 is 0.441. The Hall–Kier alpha value is -0.543. The van der Waals surface area contributed by atoms with E-state index in [4.69, 9.17) is 9.31 Å². The first-order chi connectivity index (χ1) is 9.21. The van der Waals surface area contributed by atoms with E-state index in [0.29, 0.717) is 42.7 Å². The van der Waals surface area contributed by atoms with Gasteiger partial charge in [0, 0.05) is 0 Å². The van der Waals surface area contributed by atoms with Gasteiger partial charge in [-0.25, -0.2) is 0 Å². The van der Waals surface area contributed by atoms with Crippen molar-refractivity contribution in [2.24, 2.45) is 0 Å². The molecular formula is C12H14BFN3O2Tl. The van der Waals surface area contributed by atoms with Crippen molar-refractivity contribution in [1.29, 1.82) is 0 Å². The summed E-state index contributed by atoms with van der Waals surface area (Å²) in [4.78, 5) is 4.10. The SMILES string of the molecule is CC1(C)OB(c2n[n]([Tl])c3ncc(F)cc23)OC1(C)C. The molecular weight excluding hydrogens is 452 g/mol. The molecule has 102 valence electrons. The first kappa shape index (κ1) is 14.4. The van der Waals surface area contributed by atoms with Crippen LogP contribution in [0, 0.1) is 5.82 Å². The molecule has 20 heavy (non-hydrogen) atoms. The maximum absolute atomic E-state index is 13.4. The third-order valence-corrected chi connectivity index (χ3v) is 5.42.